The molecule has 0 aromatic heterocycles. The van der Waals surface area contributed by atoms with Crippen molar-refractivity contribution in [3.63, 3.8) is 0 Å². The molecule has 0 aliphatic carbocycles. The minimum atomic E-state index is -0.133. The number of rotatable bonds is 7. The molecule has 11 heavy (non-hydrogen) atoms. The highest BCUT2D eigenvalue weighted by molar-refractivity contribution is 5.57. The van der Waals surface area contributed by atoms with Crippen molar-refractivity contribution in [1.29, 1.82) is 0 Å². The van der Waals surface area contributed by atoms with Crippen LogP contribution in [-0.4, -0.2) is 32.6 Å². The van der Waals surface area contributed by atoms with E-state index in [9.17, 15) is 4.79 Å². The van der Waals surface area contributed by atoms with Gasteiger partial charge in [0.05, 0.1) is 12.6 Å². The number of carbonyl (C=O) groups is 1. The van der Waals surface area contributed by atoms with Crippen molar-refractivity contribution in [2.75, 3.05) is 20.3 Å². The zero-order valence-corrected chi connectivity index (χ0v) is 7.30. The number of nitrogens with one attached hydrogen (secondary N) is 1. The van der Waals surface area contributed by atoms with Gasteiger partial charge in [-0.15, -0.1) is 0 Å². The first-order valence-electron chi connectivity index (χ1n) is 4.02. The number of aldehydes is 1. The lowest BCUT2D eigenvalue weighted by molar-refractivity contribution is -0.110. The highest BCUT2D eigenvalue weighted by Crippen LogP contribution is 1.85. The molecule has 1 N–H and O–H groups in total. The van der Waals surface area contributed by atoms with Crippen LogP contribution in [0.4, 0.5) is 0 Å². The molecule has 0 saturated carbocycles. The molecule has 1 atom stereocenters. The second-order valence-corrected chi connectivity index (χ2v) is 2.51. The van der Waals surface area contributed by atoms with E-state index in [0.29, 0.717) is 6.61 Å². The molecular formula is C8H17NO2. The smallest absolute Gasteiger partial charge is 0.139 e. The number of hydrogen-bond acceptors (Lipinski definition) is 3. The summed E-state index contributed by atoms with van der Waals surface area (Å²) in [5.41, 5.74) is 0. The summed E-state index contributed by atoms with van der Waals surface area (Å²) in [5, 5.41) is 3.08. The van der Waals surface area contributed by atoms with Gasteiger partial charge < -0.3 is 14.8 Å². The second kappa shape index (κ2) is 7.69. The van der Waals surface area contributed by atoms with Crippen LogP contribution in [0.3, 0.4) is 0 Å². The first-order chi connectivity index (χ1) is 5.35. The van der Waals surface area contributed by atoms with Crippen LogP contribution in [0.25, 0.3) is 0 Å². The van der Waals surface area contributed by atoms with Gasteiger partial charge in [0.2, 0.25) is 0 Å². The minimum Gasteiger partial charge on any atom is -0.383 e. The standard InChI is InChI=1S/C8H17NO2/c1-3-4-5-9-8(6-10)7-11-2/h6,8-9H,3-5,7H2,1-2H3. The highest BCUT2D eigenvalue weighted by Gasteiger charge is 2.03. The summed E-state index contributed by atoms with van der Waals surface area (Å²) in [6, 6.07) is -0.133. The Morgan fingerprint density at radius 1 is 1.64 bits per heavy atom. The van der Waals surface area contributed by atoms with Crippen molar-refractivity contribution >= 4 is 6.29 Å². The van der Waals surface area contributed by atoms with Gasteiger partial charge in [0, 0.05) is 7.11 Å². The molecule has 0 aromatic rings. The first kappa shape index (κ1) is 10.6. The van der Waals surface area contributed by atoms with Crippen LogP contribution in [0, 0.1) is 0 Å². The first-order valence-corrected chi connectivity index (χ1v) is 4.02. The minimum absolute atomic E-state index is 0.133. The molecule has 0 rings (SSSR count). The third-order valence-electron chi connectivity index (χ3n) is 1.45. The van der Waals surface area contributed by atoms with E-state index in [1.165, 1.54) is 0 Å². The topological polar surface area (TPSA) is 38.3 Å². The molecule has 0 amide bonds. The van der Waals surface area contributed by atoms with Gasteiger partial charge in [0.25, 0.3) is 0 Å². The van der Waals surface area contributed by atoms with Crippen molar-refractivity contribution in [3.05, 3.63) is 0 Å². The van der Waals surface area contributed by atoms with E-state index in [1.54, 1.807) is 7.11 Å². The van der Waals surface area contributed by atoms with Crippen LogP contribution in [0.15, 0.2) is 0 Å². The van der Waals surface area contributed by atoms with Gasteiger partial charge in [-0.05, 0) is 13.0 Å². The Bertz CT molecular complexity index is 96.1. The molecule has 66 valence electrons. The summed E-state index contributed by atoms with van der Waals surface area (Å²) in [5.74, 6) is 0. The fraction of sp³-hybridized carbons (Fsp3) is 0.875. The number of unbranched alkanes of at least 4 members (excludes halogenated alkanes) is 1. The normalized spacial score (nSPS) is 12.9. The molecule has 3 heteroatoms. The molecule has 0 spiro atoms. The molecule has 0 radical (unpaired) electrons. The van der Waals surface area contributed by atoms with Crippen LogP contribution in [0.2, 0.25) is 0 Å². The lowest BCUT2D eigenvalue weighted by Gasteiger charge is -2.10. The van der Waals surface area contributed by atoms with Crippen molar-refractivity contribution < 1.29 is 9.53 Å². The maximum Gasteiger partial charge on any atom is 0.139 e. The Morgan fingerprint density at radius 3 is 2.82 bits per heavy atom. The largest absolute Gasteiger partial charge is 0.383 e. The average molecular weight is 159 g/mol. The molecule has 0 heterocycles. The van der Waals surface area contributed by atoms with E-state index in [-0.39, 0.29) is 6.04 Å². The van der Waals surface area contributed by atoms with E-state index in [1.807, 2.05) is 0 Å². The van der Waals surface area contributed by atoms with E-state index >= 15 is 0 Å². The summed E-state index contributed by atoms with van der Waals surface area (Å²) >= 11 is 0. The van der Waals surface area contributed by atoms with Gasteiger partial charge in [-0.3, -0.25) is 0 Å². The highest BCUT2D eigenvalue weighted by atomic mass is 16.5. The van der Waals surface area contributed by atoms with Crippen molar-refractivity contribution in [3.8, 4) is 0 Å². The maximum atomic E-state index is 10.3. The summed E-state index contributed by atoms with van der Waals surface area (Å²) in [4.78, 5) is 10.3. The molecule has 3 nitrogen and oxygen atoms in total. The van der Waals surface area contributed by atoms with Crippen LogP contribution < -0.4 is 5.32 Å². The quantitative estimate of drug-likeness (QED) is 0.436. The monoisotopic (exact) mass is 159 g/mol. The van der Waals surface area contributed by atoms with Gasteiger partial charge in [-0.1, -0.05) is 13.3 Å². The maximum absolute atomic E-state index is 10.3. The van der Waals surface area contributed by atoms with E-state index in [4.69, 9.17) is 4.74 Å². The fourth-order valence-corrected chi connectivity index (χ4v) is 0.790. The number of carbonyl (C=O) groups excluding carboxylic acids is 1. The Labute approximate surface area is 68.1 Å². The van der Waals surface area contributed by atoms with Crippen LogP contribution in [0.1, 0.15) is 19.8 Å². The summed E-state index contributed by atoms with van der Waals surface area (Å²) in [6.07, 6.45) is 3.14. The van der Waals surface area contributed by atoms with Crippen molar-refractivity contribution in [2.45, 2.75) is 25.8 Å². The van der Waals surface area contributed by atoms with Crippen LogP contribution in [-0.2, 0) is 9.53 Å². The average Bonchev–Trinajstić information content (AvgIpc) is 2.03. The third-order valence-corrected chi connectivity index (χ3v) is 1.45. The van der Waals surface area contributed by atoms with Crippen molar-refractivity contribution in [1.82, 2.24) is 5.32 Å². The molecule has 0 aliphatic heterocycles. The molecule has 0 saturated heterocycles. The zero-order chi connectivity index (χ0) is 8.53. The van der Waals surface area contributed by atoms with Gasteiger partial charge in [-0.25, -0.2) is 0 Å². The Morgan fingerprint density at radius 2 is 2.36 bits per heavy atom. The predicted octanol–water partition coefficient (Wildman–Crippen LogP) is 0.590. The molecular weight excluding hydrogens is 142 g/mol. The van der Waals surface area contributed by atoms with Gasteiger partial charge >= 0.3 is 0 Å². The molecule has 1 unspecified atom stereocenters. The SMILES string of the molecule is CCCCNC(C=O)COC. The van der Waals surface area contributed by atoms with Gasteiger partial charge in [-0.2, -0.15) is 0 Å². The Hall–Kier alpha value is -0.410. The van der Waals surface area contributed by atoms with Crippen LogP contribution >= 0.6 is 0 Å². The number of ether oxygens (including phenoxy) is 1. The third kappa shape index (κ3) is 6.01. The van der Waals surface area contributed by atoms with Crippen molar-refractivity contribution in [2.24, 2.45) is 0 Å². The Kier molecular flexibility index (Phi) is 7.41. The van der Waals surface area contributed by atoms with Crippen LogP contribution in [0.5, 0.6) is 0 Å². The molecule has 0 bridgehead atoms. The van der Waals surface area contributed by atoms with E-state index in [0.717, 1.165) is 25.7 Å². The zero-order valence-electron chi connectivity index (χ0n) is 7.30. The summed E-state index contributed by atoms with van der Waals surface area (Å²) in [7, 11) is 1.60. The second-order valence-electron chi connectivity index (χ2n) is 2.51. The lowest BCUT2D eigenvalue weighted by atomic mass is 10.3. The van der Waals surface area contributed by atoms with Gasteiger partial charge in [0.15, 0.2) is 0 Å². The molecule has 0 aromatic carbocycles. The summed E-state index contributed by atoms with van der Waals surface area (Å²) < 4.78 is 4.83. The number of methoxy groups -OCH3 is 1. The fourth-order valence-electron chi connectivity index (χ4n) is 0.790. The lowest BCUT2D eigenvalue weighted by Crippen LogP contribution is -2.35. The molecule has 0 aliphatic rings. The Balaban J connectivity index is 3.28. The van der Waals surface area contributed by atoms with Gasteiger partial charge in [0.1, 0.15) is 6.29 Å². The predicted molar refractivity (Wildman–Crippen MR) is 44.6 cm³/mol. The number of hydrogen-bond donors (Lipinski definition) is 1. The molecule has 0 fully saturated rings. The summed E-state index contributed by atoms with van der Waals surface area (Å²) in [6.45, 7) is 3.48. The van der Waals surface area contributed by atoms with E-state index in [2.05, 4.69) is 12.2 Å². The van der Waals surface area contributed by atoms with E-state index < -0.39 is 0 Å².